The summed E-state index contributed by atoms with van der Waals surface area (Å²) in [4.78, 5) is 24.8. The minimum atomic E-state index is -4.59. The number of nitrogens with one attached hydrogen (secondary N) is 2. The summed E-state index contributed by atoms with van der Waals surface area (Å²) >= 11 is 6.31. The molecule has 0 fully saturated rings. The van der Waals surface area contributed by atoms with Gasteiger partial charge in [-0.1, -0.05) is 35.4 Å². The highest BCUT2D eigenvalue weighted by Crippen LogP contribution is 2.37. The number of rotatable bonds is 8. The summed E-state index contributed by atoms with van der Waals surface area (Å²) in [6.07, 6.45) is -3.40. The molecule has 196 valence electrons. The molecule has 0 saturated carbocycles. The molecule has 3 rings (SSSR count). The van der Waals surface area contributed by atoms with Crippen molar-refractivity contribution in [1.82, 2.24) is 0 Å². The maximum atomic E-state index is 12.9. The van der Waals surface area contributed by atoms with Crippen molar-refractivity contribution < 1.29 is 32.2 Å². The van der Waals surface area contributed by atoms with Gasteiger partial charge in [0.15, 0.2) is 18.1 Å². The van der Waals surface area contributed by atoms with Crippen molar-refractivity contribution in [3.05, 3.63) is 87.9 Å². The molecule has 0 aliphatic rings. The first-order valence-corrected chi connectivity index (χ1v) is 11.3. The first-order valence-electron chi connectivity index (χ1n) is 11.0. The topological polar surface area (TPSA) is 100 Å². The van der Waals surface area contributed by atoms with Crippen molar-refractivity contribution in [2.24, 2.45) is 0 Å². The number of nitriles is 1. The lowest BCUT2D eigenvalue weighted by atomic mass is 10.1. The molecule has 0 aliphatic heterocycles. The van der Waals surface area contributed by atoms with Gasteiger partial charge in [0.1, 0.15) is 11.6 Å². The van der Waals surface area contributed by atoms with Crippen molar-refractivity contribution in [2.45, 2.75) is 13.1 Å². The number of hydrogen-bond donors (Lipinski definition) is 2. The fourth-order valence-corrected chi connectivity index (χ4v) is 3.50. The summed E-state index contributed by atoms with van der Waals surface area (Å²) in [6, 6.07) is 15.7. The van der Waals surface area contributed by atoms with Crippen molar-refractivity contribution in [1.29, 1.82) is 5.26 Å². The maximum Gasteiger partial charge on any atom is 0.416 e. The van der Waals surface area contributed by atoms with Gasteiger partial charge in [-0.25, -0.2) is 0 Å². The smallest absolute Gasteiger partial charge is 0.416 e. The predicted molar refractivity (Wildman–Crippen MR) is 137 cm³/mol. The van der Waals surface area contributed by atoms with Gasteiger partial charge in [0, 0.05) is 11.4 Å². The van der Waals surface area contributed by atoms with Gasteiger partial charge >= 0.3 is 6.18 Å². The Kier molecular flexibility index (Phi) is 8.99. The second-order valence-electron chi connectivity index (χ2n) is 7.94. The average Bonchev–Trinajstić information content (AvgIpc) is 2.87. The number of hydrogen-bond acceptors (Lipinski definition) is 5. The molecule has 0 heterocycles. The second-order valence-corrected chi connectivity index (χ2v) is 8.35. The summed E-state index contributed by atoms with van der Waals surface area (Å²) in [5.74, 6) is -1.16. The molecule has 0 aliphatic carbocycles. The molecule has 0 bridgehead atoms. The van der Waals surface area contributed by atoms with E-state index in [4.69, 9.17) is 21.1 Å². The zero-order valence-corrected chi connectivity index (χ0v) is 20.9. The number of nitrogens with zero attached hydrogens (tertiary/aromatic N) is 1. The number of ether oxygens (including phenoxy) is 2. The summed E-state index contributed by atoms with van der Waals surface area (Å²) in [7, 11) is 1.34. The molecular weight excluding hydrogens is 523 g/mol. The maximum absolute atomic E-state index is 12.9. The Labute approximate surface area is 221 Å². The van der Waals surface area contributed by atoms with Crippen LogP contribution in [0.15, 0.2) is 66.2 Å². The van der Waals surface area contributed by atoms with Crippen molar-refractivity contribution in [3.8, 4) is 17.6 Å². The lowest BCUT2D eigenvalue weighted by Crippen LogP contribution is -2.20. The van der Waals surface area contributed by atoms with E-state index in [1.807, 2.05) is 19.1 Å². The van der Waals surface area contributed by atoms with E-state index in [9.17, 15) is 28.0 Å². The van der Waals surface area contributed by atoms with E-state index in [1.54, 1.807) is 18.2 Å². The number of halogens is 4. The highest BCUT2D eigenvalue weighted by molar-refractivity contribution is 6.32. The van der Waals surface area contributed by atoms with E-state index in [0.29, 0.717) is 5.69 Å². The van der Waals surface area contributed by atoms with Gasteiger partial charge in [-0.2, -0.15) is 18.4 Å². The van der Waals surface area contributed by atoms with Gasteiger partial charge in [0.05, 0.1) is 17.7 Å². The van der Waals surface area contributed by atoms with Crippen LogP contribution in [0, 0.1) is 18.3 Å². The molecule has 0 atom stereocenters. The van der Waals surface area contributed by atoms with Crippen LogP contribution in [0.5, 0.6) is 11.5 Å². The average molecular weight is 544 g/mol. The minimum absolute atomic E-state index is 0.0364. The van der Waals surface area contributed by atoms with E-state index in [2.05, 4.69) is 10.6 Å². The molecule has 2 amide bonds. The molecule has 0 unspecified atom stereocenters. The molecule has 0 saturated heterocycles. The third kappa shape index (κ3) is 7.51. The van der Waals surface area contributed by atoms with Gasteiger partial charge in [-0.05, 0) is 61.0 Å². The second kappa shape index (κ2) is 12.2. The van der Waals surface area contributed by atoms with Crippen LogP contribution in [0.4, 0.5) is 24.5 Å². The first-order chi connectivity index (χ1) is 18.0. The third-order valence-electron chi connectivity index (χ3n) is 5.06. The molecule has 7 nitrogen and oxygen atoms in total. The zero-order chi connectivity index (χ0) is 27.9. The Bertz CT molecular complexity index is 1410. The van der Waals surface area contributed by atoms with Crippen LogP contribution in [0.2, 0.25) is 5.02 Å². The van der Waals surface area contributed by atoms with Crippen LogP contribution < -0.4 is 20.1 Å². The molecule has 0 spiro atoms. The molecular formula is C27H21ClF3N3O4. The van der Waals surface area contributed by atoms with Crippen LogP contribution in [0.25, 0.3) is 6.08 Å². The summed E-state index contributed by atoms with van der Waals surface area (Å²) in [5.41, 5.74) is 0.435. The minimum Gasteiger partial charge on any atom is -0.493 e. The number of aryl methyl sites for hydroxylation is 1. The van der Waals surface area contributed by atoms with Gasteiger partial charge in [-0.15, -0.1) is 0 Å². The van der Waals surface area contributed by atoms with E-state index < -0.39 is 29.1 Å². The SMILES string of the molecule is COc1cc(/C=C(\C#N)C(=O)Nc2cccc(C(F)(F)F)c2)cc(Cl)c1OCC(=O)Nc1ccc(C)cc1. The van der Waals surface area contributed by atoms with E-state index in [-0.39, 0.29) is 34.4 Å². The van der Waals surface area contributed by atoms with Crippen molar-refractivity contribution in [3.63, 3.8) is 0 Å². The monoisotopic (exact) mass is 543 g/mol. The fourth-order valence-electron chi connectivity index (χ4n) is 3.22. The Morgan fingerprint density at radius 2 is 1.76 bits per heavy atom. The number of amides is 2. The summed E-state index contributed by atoms with van der Waals surface area (Å²) < 4.78 is 49.6. The highest BCUT2D eigenvalue weighted by Gasteiger charge is 2.30. The molecule has 0 radical (unpaired) electrons. The Hall–Kier alpha value is -4.49. The summed E-state index contributed by atoms with van der Waals surface area (Å²) in [5, 5.41) is 14.5. The van der Waals surface area contributed by atoms with Crippen LogP contribution in [0.1, 0.15) is 16.7 Å². The molecule has 11 heteroatoms. The van der Waals surface area contributed by atoms with Gasteiger partial charge in [-0.3, -0.25) is 9.59 Å². The zero-order valence-electron chi connectivity index (χ0n) is 20.2. The fraction of sp³-hybridized carbons (Fsp3) is 0.148. The Balaban J connectivity index is 1.74. The van der Waals surface area contributed by atoms with Crippen molar-refractivity contribution >= 4 is 40.9 Å². The highest BCUT2D eigenvalue weighted by atomic mass is 35.5. The number of carbonyl (C=O) groups is 2. The number of carbonyl (C=O) groups excluding carboxylic acids is 2. The molecule has 3 aromatic rings. The number of benzene rings is 3. The van der Waals surface area contributed by atoms with Gasteiger partial charge in [0.25, 0.3) is 11.8 Å². The van der Waals surface area contributed by atoms with E-state index in [1.165, 1.54) is 31.4 Å². The molecule has 3 aromatic carbocycles. The lowest BCUT2D eigenvalue weighted by molar-refractivity contribution is -0.137. The van der Waals surface area contributed by atoms with Crippen LogP contribution in [0.3, 0.4) is 0 Å². The first kappa shape index (κ1) is 28.1. The largest absolute Gasteiger partial charge is 0.493 e. The Morgan fingerprint density at radius 3 is 2.39 bits per heavy atom. The van der Waals surface area contributed by atoms with Crippen molar-refractivity contribution in [2.75, 3.05) is 24.4 Å². The molecule has 2 N–H and O–H groups in total. The van der Waals surface area contributed by atoms with Crippen LogP contribution in [-0.2, 0) is 15.8 Å². The Morgan fingerprint density at radius 1 is 1.05 bits per heavy atom. The molecule has 0 aromatic heterocycles. The normalized spacial score (nSPS) is 11.3. The van der Waals surface area contributed by atoms with Gasteiger partial charge in [0.2, 0.25) is 0 Å². The predicted octanol–water partition coefficient (Wildman–Crippen LogP) is 6.24. The van der Waals surface area contributed by atoms with Gasteiger partial charge < -0.3 is 20.1 Å². The van der Waals surface area contributed by atoms with E-state index in [0.717, 1.165) is 23.8 Å². The lowest BCUT2D eigenvalue weighted by Gasteiger charge is -2.14. The van der Waals surface area contributed by atoms with E-state index >= 15 is 0 Å². The number of anilines is 2. The van der Waals surface area contributed by atoms with Crippen LogP contribution >= 0.6 is 11.6 Å². The van der Waals surface area contributed by atoms with Crippen LogP contribution in [-0.4, -0.2) is 25.5 Å². The number of methoxy groups -OCH3 is 1. The standard InChI is InChI=1S/C27H21ClF3N3O4/c1-16-6-8-20(9-7-16)33-24(35)15-38-25-22(28)11-17(12-23(25)37-2)10-18(14-32)26(36)34-21-5-3-4-19(13-21)27(29,30)31/h3-13H,15H2,1-2H3,(H,33,35)(H,34,36)/b18-10+. The summed E-state index contributed by atoms with van der Waals surface area (Å²) in [6.45, 7) is 1.55. The number of alkyl halides is 3. The third-order valence-corrected chi connectivity index (χ3v) is 5.34. The quantitative estimate of drug-likeness (QED) is 0.259. The molecule has 38 heavy (non-hydrogen) atoms.